The summed E-state index contributed by atoms with van der Waals surface area (Å²) in [5, 5.41) is 12.5. The average Bonchev–Trinajstić information content (AvgIpc) is 2.65. The first-order valence-electron chi connectivity index (χ1n) is 6.35. The fraction of sp³-hybridized carbons (Fsp3) is 0.714. The van der Waals surface area contributed by atoms with E-state index in [1.807, 2.05) is 6.92 Å². The van der Waals surface area contributed by atoms with Crippen molar-refractivity contribution in [2.75, 3.05) is 0 Å². The molecule has 0 aromatic carbocycles. The Hall–Kier alpha value is -0.340. The molecule has 1 N–H and O–H groups in total. The van der Waals surface area contributed by atoms with Crippen molar-refractivity contribution in [2.45, 2.75) is 64.9 Å². The smallest absolute Gasteiger partial charge is 0.0962 e. The van der Waals surface area contributed by atoms with Gasteiger partial charge < -0.3 is 5.11 Å². The molecule has 1 atom stereocenters. The zero-order valence-corrected chi connectivity index (χ0v) is 11.6. The lowest BCUT2D eigenvalue weighted by atomic mass is 9.94. The van der Waals surface area contributed by atoms with Gasteiger partial charge in [-0.3, -0.25) is 0 Å². The van der Waals surface area contributed by atoms with E-state index in [-0.39, 0.29) is 0 Å². The molecule has 0 saturated carbocycles. The van der Waals surface area contributed by atoms with Crippen LogP contribution in [-0.2, 0) is 5.60 Å². The number of aryl methyl sites for hydroxylation is 1. The fourth-order valence-electron chi connectivity index (χ4n) is 2.11. The van der Waals surface area contributed by atoms with Crippen molar-refractivity contribution in [3.8, 4) is 0 Å². The molecule has 0 radical (unpaired) electrons. The lowest BCUT2D eigenvalue weighted by Crippen LogP contribution is -2.20. The Balaban J connectivity index is 2.37. The molecule has 0 aliphatic heterocycles. The van der Waals surface area contributed by atoms with Gasteiger partial charge in [-0.15, -0.1) is 11.3 Å². The maximum absolute atomic E-state index is 10.4. The lowest BCUT2D eigenvalue weighted by molar-refractivity contribution is 0.0480. The number of hydrogen-bond acceptors (Lipinski definition) is 2. The van der Waals surface area contributed by atoms with Crippen LogP contribution in [0, 0.1) is 6.92 Å². The van der Waals surface area contributed by atoms with Crippen LogP contribution < -0.4 is 0 Å². The van der Waals surface area contributed by atoms with E-state index in [1.165, 1.54) is 31.2 Å². The van der Waals surface area contributed by atoms with Gasteiger partial charge in [0.15, 0.2) is 0 Å². The summed E-state index contributed by atoms with van der Waals surface area (Å²) in [6.07, 6.45) is 7.16. The third kappa shape index (κ3) is 3.91. The van der Waals surface area contributed by atoms with E-state index in [9.17, 15) is 5.11 Å². The fourth-order valence-corrected chi connectivity index (χ4v) is 3.13. The predicted octanol–water partition coefficient (Wildman–Crippen LogP) is 4.62. The van der Waals surface area contributed by atoms with E-state index in [0.717, 1.165) is 17.7 Å². The van der Waals surface area contributed by atoms with Crippen molar-refractivity contribution in [1.29, 1.82) is 0 Å². The maximum atomic E-state index is 10.4. The highest BCUT2D eigenvalue weighted by Gasteiger charge is 2.25. The van der Waals surface area contributed by atoms with E-state index in [4.69, 9.17) is 0 Å². The van der Waals surface area contributed by atoms with Crippen LogP contribution >= 0.6 is 11.3 Å². The van der Waals surface area contributed by atoms with Crippen LogP contribution in [0.15, 0.2) is 11.4 Å². The minimum absolute atomic E-state index is 0.621. The molecule has 0 bridgehead atoms. The Morgan fingerprint density at radius 2 is 1.94 bits per heavy atom. The van der Waals surface area contributed by atoms with Crippen molar-refractivity contribution in [3.63, 3.8) is 0 Å². The molecule has 16 heavy (non-hydrogen) atoms. The van der Waals surface area contributed by atoms with Gasteiger partial charge in [0.25, 0.3) is 0 Å². The highest BCUT2D eigenvalue weighted by molar-refractivity contribution is 7.10. The van der Waals surface area contributed by atoms with E-state index in [0.29, 0.717) is 0 Å². The van der Waals surface area contributed by atoms with E-state index in [2.05, 4.69) is 25.3 Å². The SMILES string of the molecule is CCCCCCCC(C)(O)c1sccc1C. The van der Waals surface area contributed by atoms with Crippen LogP contribution in [0.2, 0.25) is 0 Å². The molecular formula is C14H24OS. The van der Waals surface area contributed by atoms with E-state index >= 15 is 0 Å². The molecular weight excluding hydrogens is 216 g/mol. The molecule has 0 spiro atoms. The summed E-state index contributed by atoms with van der Waals surface area (Å²) >= 11 is 1.67. The number of unbranched alkanes of at least 4 members (excludes halogenated alkanes) is 4. The summed E-state index contributed by atoms with van der Waals surface area (Å²) in [5.74, 6) is 0. The van der Waals surface area contributed by atoms with Crippen LogP contribution in [-0.4, -0.2) is 5.11 Å². The summed E-state index contributed by atoms with van der Waals surface area (Å²) in [6, 6.07) is 2.09. The molecule has 92 valence electrons. The largest absolute Gasteiger partial charge is 0.385 e. The average molecular weight is 240 g/mol. The minimum Gasteiger partial charge on any atom is -0.385 e. The van der Waals surface area contributed by atoms with Gasteiger partial charge in [0.1, 0.15) is 0 Å². The standard InChI is InChI=1S/C14H24OS/c1-4-5-6-7-8-10-14(3,15)13-12(2)9-11-16-13/h9,11,15H,4-8,10H2,1-3H3. The zero-order chi connectivity index (χ0) is 12.0. The number of hydrogen-bond donors (Lipinski definition) is 1. The molecule has 1 rings (SSSR count). The molecule has 1 aromatic rings. The summed E-state index contributed by atoms with van der Waals surface area (Å²) in [4.78, 5) is 1.14. The number of thiophene rings is 1. The van der Waals surface area contributed by atoms with Crippen LogP contribution in [0.25, 0.3) is 0 Å². The van der Waals surface area contributed by atoms with Gasteiger partial charge in [-0.25, -0.2) is 0 Å². The van der Waals surface area contributed by atoms with Crippen molar-refractivity contribution in [1.82, 2.24) is 0 Å². The molecule has 1 heterocycles. The topological polar surface area (TPSA) is 20.2 Å². The molecule has 1 aromatic heterocycles. The molecule has 0 amide bonds. The zero-order valence-electron chi connectivity index (χ0n) is 10.8. The van der Waals surface area contributed by atoms with Crippen LogP contribution in [0.4, 0.5) is 0 Å². The molecule has 2 heteroatoms. The van der Waals surface area contributed by atoms with Gasteiger partial charge in [0, 0.05) is 4.88 Å². The van der Waals surface area contributed by atoms with Crippen molar-refractivity contribution in [3.05, 3.63) is 21.9 Å². The van der Waals surface area contributed by atoms with Crippen LogP contribution in [0.1, 0.15) is 62.8 Å². The molecule has 1 nitrogen and oxygen atoms in total. The Bertz CT molecular complexity index is 301. The summed E-state index contributed by atoms with van der Waals surface area (Å²) in [6.45, 7) is 6.26. The van der Waals surface area contributed by atoms with Gasteiger partial charge in [0.05, 0.1) is 5.60 Å². The van der Waals surface area contributed by atoms with Gasteiger partial charge in [-0.1, -0.05) is 39.0 Å². The van der Waals surface area contributed by atoms with Crippen LogP contribution in [0.3, 0.4) is 0 Å². The molecule has 1 unspecified atom stereocenters. The molecule has 0 aliphatic carbocycles. The predicted molar refractivity (Wildman–Crippen MR) is 72.0 cm³/mol. The minimum atomic E-state index is -0.621. The Kier molecular flexibility index (Phi) is 5.50. The maximum Gasteiger partial charge on any atom is 0.0962 e. The van der Waals surface area contributed by atoms with Crippen molar-refractivity contribution < 1.29 is 5.11 Å². The normalized spacial score (nSPS) is 15.0. The van der Waals surface area contributed by atoms with Gasteiger partial charge in [-0.2, -0.15) is 0 Å². The Labute approximate surface area is 104 Å². The van der Waals surface area contributed by atoms with Crippen molar-refractivity contribution in [2.24, 2.45) is 0 Å². The third-order valence-corrected chi connectivity index (χ3v) is 4.39. The van der Waals surface area contributed by atoms with E-state index < -0.39 is 5.60 Å². The molecule has 0 saturated heterocycles. The number of rotatable bonds is 7. The highest BCUT2D eigenvalue weighted by atomic mass is 32.1. The second-order valence-corrected chi connectivity index (χ2v) is 5.79. The second-order valence-electron chi connectivity index (χ2n) is 4.87. The van der Waals surface area contributed by atoms with Crippen molar-refractivity contribution >= 4 is 11.3 Å². The highest BCUT2D eigenvalue weighted by Crippen LogP contribution is 2.33. The first-order chi connectivity index (χ1) is 7.58. The summed E-state index contributed by atoms with van der Waals surface area (Å²) in [7, 11) is 0. The quantitative estimate of drug-likeness (QED) is 0.689. The van der Waals surface area contributed by atoms with E-state index in [1.54, 1.807) is 11.3 Å². The summed E-state index contributed by atoms with van der Waals surface area (Å²) in [5.41, 5.74) is 0.605. The molecule has 0 aliphatic rings. The molecule has 0 fully saturated rings. The second kappa shape index (κ2) is 6.41. The summed E-state index contributed by atoms with van der Waals surface area (Å²) < 4.78 is 0. The van der Waals surface area contributed by atoms with Gasteiger partial charge in [-0.05, 0) is 37.3 Å². The number of aliphatic hydroxyl groups is 1. The monoisotopic (exact) mass is 240 g/mol. The first kappa shape index (κ1) is 13.7. The first-order valence-corrected chi connectivity index (χ1v) is 7.23. The van der Waals surface area contributed by atoms with Gasteiger partial charge in [0.2, 0.25) is 0 Å². The Morgan fingerprint density at radius 3 is 2.50 bits per heavy atom. The third-order valence-electron chi connectivity index (χ3n) is 3.12. The Morgan fingerprint density at radius 1 is 1.25 bits per heavy atom. The van der Waals surface area contributed by atoms with Gasteiger partial charge >= 0.3 is 0 Å². The lowest BCUT2D eigenvalue weighted by Gasteiger charge is -2.23. The van der Waals surface area contributed by atoms with Crippen LogP contribution in [0.5, 0.6) is 0 Å².